The van der Waals surface area contributed by atoms with Crippen LogP contribution < -0.4 is 0 Å². The first-order valence-corrected chi connectivity index (χ1v) is 6.03. The zero-order valence-electron chi connectivity index (χ0n) is 11.4. The van der Waals surface area contributed by atoms with E-state index in [0.717, 1.165) is 0 Å². The smallest absolute Gasteiger partial charge is 0.126 e. The third-order valence-electron chi connectivity index (χ3n) is 1.65. The van der Waals surface area contributed by atoms with Gasteiger partial charge in [0.15, 0.2) is 0 Å². The van der Waals surface area contributed by atoms with Gasteiger partial charge in [0.2, 0.25) is 0 Å². The second-order valence-corrected chi connectivity index (χ2v) is 3.92. The predicted octanol–water partition coefficient (Wildman–Crippen LogP) is 4.79. The Bertz CT molecular complexity index is 233. The topological polar surface area (TPSA) is 17.1 Å². The lowest BCUT2D eigenvalue weighted by Crippen LogP contribution is -1.69. The summed E-state index contributed by atoms with van der Waals surface area (Å²) in [4.78, 5) is 9.44. The normalized spacial score (nSPS) is 8.06. The molecule has 0 bridgehead atoms. The number of rotatable bonds is 2. The highest BCUT2D eigenvalue weighted by Crippen LogP contribution is 1.92. The Kier molecular flexibility index (Phi) is 15.0. The van der Waals surface area contributed by atoms with Gasteiger partial charge in [-0.25, -0.2) is 0 Å². The van der Waals surface area contributed by atoms with Crippen molar-refractivity contribution in [3.63, 3.8) is 0 Å². The van der Waals surface area contributed by atoms with Crippen LogP contribution in [-0.2, 0) is 4.79 Å². The average molecular weight is 222 g/mol. The molecule has 0 aliphatic carbocycles. The highest BCUT2D eigenvalue weighted by molar-refractivity contribution is 5.72. The summed E-state index contributed by atoms with van der Waals surface area (Å²) in [6.07, 6.45) is 4.08. The third-order valence-corrected chi connectivity index (χ3v) is 1.65. The van der Waals surface area contributed by atoms with E-state index in [1.54, 1.807) is 0 Å². The fraction of sp³-hybridized carbons (Fsp3) is 0.533. The van der Waals surface area contributed by atoms with E-state index in [0.29, 0.717) is 0 Å². The SMILES string of the molecule is CC(C)=O.CCCCC.Cc1ccccc1. The maximum atomic E-state index is 9.44. The number of ketones is 1. The number of benzene rings is 1. The van der Waals surface area contributed by atoms with E-state index < -0.39 is 0 Å². The summed E-state index contributed by atoms with van der Waals surface area (Å²) < 4.78 is 0. The number of carbonyl (C=O) groups is 1. The third kappa shape index (κ3) is 23.1. The van der Waals surface area contributed by atoms with E-state index >= 15 is 0 Å². The molecule has 0 aromatic heterocycles. The number of Topliss-reactive ketones (excluding diaryl/α,β-unsaturated/α-hetero) is 1. The second-order valence-electron chi connectivity index (χ2n) is 3.92. The van der Waals surface area contributed by atoms with E-state index in [1.807, 2.05) is 18.2 Å². The predicted molar refractivity (Wildman–Crippen MR) is 72.7 cm³/mol. The largest absolute Gasteiger partial charge is 0.300 e. The second kappa shape index (κ2) is 13.9. The van der Waals surface area contributed by atoms with Gasteiger partial charge in [0.25, 0.3) is 0 Å². The molecule has 0 saturated heterocycles. The van der Waals surface area contributed by atoms with Crippen LogP contribution in [0.1, 0.15) is 52.5 Å². The van der Waals surface area contributed by atoms with Gasteiger partial charge >= 0.3 is 0 Å². The van der Waals surface area contributed by atoms with Gasteiger partial charge in [0.05, 0.1) is 0 Å². The lowest BCUT2D eigenvalue weighted by atomic mass is 10.2. The number of hydrogen-bond donors (Lipinski definition) is 0. The summed E-state index contributed by atoms with van der Waals surface area (Å²) >= 11 is 0. The number of unbranched alkanes of at least 4 members (excludes halogenated alkanes) is 2. The van der Waals surface area contributed by atoms with Gasteiger partial charge < -0.3 is 4.79 Å². The first kappa shape index (κ1) is 17.3. The molecular weight excluding hydrogens is 196 g/mol. The van der Waals surface area contributed by atoms with Crippen LogP contribution in [0.15, 0.2) is 30.3 Å². The van der Waals surface area contributed by atoms with Gasteiger partial charge in [-0.2, -0.15) is 0 Å². The van der Waals surface area contributed by atoms with E-state index in [9.17, 15) is 4.79 Å². The molecule has 0 heterocycles. The van der Waals surface area contributed by atoms with E-state index in [2.05, 4.69) is 32.9 Å². The molecule has 1 aromatic carbocycles. The van der Waals surface area contributed by atoms with Crippen LogP contribution in [-0.4, -0.2) is 5.78 Å². The number of aryl methyl sites for hydroxylation is 1. The molecule has 0 aliphatic rings. The zero-order valence-corrected chi connectivity index (χ0v) is 11.4. The van der Waals surface area contributed by atoms with Crippen LogP contribution in [0.5, 0.6) is 0 Å². The van der Waals surface area contributed by atoms with E-state index in [-0.39, 0.29) is 5.78 Å². The van der Waals surface area contributed by atoms with Gasteiger partial charge in [-0.15, -0.1) is 0 Å². The Morgan fingerprint density at radius 2 is 1.38 bits per heavy atom. The van der Waals surface area contributed by atoms with E-state index in [1.165, 1.54) is 38.7 Å². The van der Waals surface area contributed by atoms with Crippen LogP contribution in [0, 0.1) is 6.92 Å². The Balaban J connectivity index is 0. The molecule has 0 amide bonds. The monoisotopic (exact) mass is 222 g/mol. The molecule has 16 heavy (non-hydrogen) atoms. The maximum absolute atomic E-state index is 9.44. The first-order valence-electron chi connectivity index (χ1n) is 6.03. The quantitative estimate of drug-likeness (QED) is 0.703. The Hall–Kier alpha value is -1.11. The minimum Gasteiger partial charge on any atom is -0.300 e. The van der Waals surface area contributed by atoms with Gasteiger partial charge in [-0.3, -0.25) is 0 Å². The minimum absolute atomic E-state index is 0.167. The molecule has 0 fully saturated rings. The van der Waals surface area contributed by atoms with Crippen molar-refractivity contribution in [3.8, 4) is 0 Å². The molecule has 92 valence electrons. The van der Waals surface area contributed by atoms with Crippen molar-refractivity contribution in [1.82, 2.24) is 0 Å². The summed E-state index contributed by atoms with van der Waals surface area (Å²) in [6.45, 7) is 9.56. The summed E-state index contributed by atoms with van der Waals surface area (Å²) in [5.41, 5.74) is 1.32. The maximum Gasteiger partial charge on any atom is 0.126 e. The molecule has 0 N–H and O–H groups in total. The Labute approximate surface area is 101 Å². The number of carbonyl (C=O) groups excluding carboxylic acids is 1. The van der Waals surface area contributed by atoms with Crippen molar-refractivity contribution in [2.75, 3.05) is 0 Å². The van der Waals surface area contributed by atoms with Crippen LogP contribution in [0.2, 0.25) is 0 Å². The van der Waals surface area contributed by atoms with Gasteiger partial charge in [-0.1, -0.05) is 69.0 Å². The molecule has 0 radical (unpaired) electrons. The number of hydrogen-bond acceptors (Lipinski definition) is 1. The van der Waals surface area contributed by atoms with Gasteiger partial charge in [0.1, 0.15) is 5.78 Å². The van der Waals surface area contributed by atoms with Gasteiger partial charge in [-0.05, 0) is 20.8 Å². The lowest BCUT2D eigenvalue weighted by molar-refractivity contribution is -0.114. The molecule has 1 aromatic rings. The summed E-state index contributed by atoms with van der Waals surface area (Å²) in [5, 5.41) is 0. The zero-order chi connectivity index (χ0) is 12.8. The fourth-order valence-electron chi connectivity index (χ4n) is 0.888. The van der Waals surface area contributed by atoms with Gasteiger partial charge in [0, 0.05) is 0 Å². The summed E-state index contributed by atoms with van der Waals surface area (Å²) in [5.74, 6) is 0.167. The van der Waals surface area contributed by atoms with Crippen molar-refractivity contribution < 1.29 is 4.79 Å². The van der Waals surface area contributed by atoms with Crippen LogP contribution in [0.25, 0.3) is 0 Å². The van der Waals surface area contributed by atoms with Crippen LogP contribution in [0.3, 0.4) is 0 Å². The highest BCUT2D eigenvalue weighted by Gasteiger charge is 1.72. The molecule has 0 saturated carbocycles. The molecule has 0 atom stereocenters. The fourth-order valence-corrected chi connectivity index (χ4v) is 0.888. The highest BCUT2D eigenvalue weighted by atomic mass is 16.1. The molecule has 1 heteroatoms. The Morgan fingerprint density at radius 3 is 1.50 bits per heavy atom. The van der Waals surface area contributed by atoms with Crippen LogP contribution >= 0.6 is 0 Å². The molecule has 1 nitrogen and oxygen atoms in total. The summed E-state index contributed by atoms with van der Waals surface area (Å²) in [7, 11) is 0. The molecule has 0 aliphatic heterocycles. The van der Waals surface area contributed by atoms with Crippen molar-refractivity contribution in [2.45, 2.75) is 53.9 Å². The van der Waals surface area contributed by atoms with Crippen LogP contribution in [0.4, 0.5) is 0 Å². The first-order chi connectivity index (χ1) is 7.54. The summed E-state index contributed by atoms with van der Waals surface area (Å²) in [6, 6.07) is 10.3. The standard InChI is InChI=1S/C7H8.C5H12.C3H6O/c1-7-5-3-2-4-6-7;1-3-5-4-2;1-3(2)4/h2-6H,1H3;3-5H2,1-2H3;1-2H3. The average Bonchev–Trinajstić information content (AvgIpc) is 2.20. The minimum atomic E-state index is 0.167. The van der Waals surface area contributed by atoms with Crippen molar-refractivity contribution in [1.29, 1.82) is 0 Å². The molecule has 1 rings (SSSR count). The van der Waals surface area contributed by atoms with E-state index in [4.69, 9.17) is 0 Å². The van der Waals surface area contributed by atoms with Crippen molar-refractivity contribution >= 4 is 5.78 Å². The molecule has 0 spiro atoms. The van der Waals surface area contributed by atoms with Crippen molar-refractivity contribution in [3.05, 3.63) is 35.9 Å². The molecule has 0 unspecified atom stereocenters. The lowest BCUT2D eigenvalue weighted by Gasteiger charge is -1.82. The molecular formula is C15H26O. The van der Waals surface area contributed by atoms with Crippen molar-refractivity contribution in [2.24, 2.45) is 0 Å². The Morgan fingerprint density at radius 1 is 1.00 bits per heavy atom.